The average molecular weight is 324 g/mol. The van der Waals surface area contributed by atoms with Gasteiger partial charge in [-0.05, 0) is 44.5 Å². The number of halogens is 1. The van der Waals surface area contributed by atoms with Gasteiger partial charge in [0.15, 0.2) is 0 Å². The number of carbonyl (C=O) groups is 1. The SMILES string of the molecule is CCN1CCN(C(C)C(=O)Nc2c(C)cc(C)cc2Cl)CC1. The third-order valence-corrected chi connectivity index (χ3v) is 4.76. The van der Waals surface area contributed by atoms with Crippen LogP contribution < -0.4 is 5.32 Å². The minimum absolute atomic E-state index is 0.0128. The predicted octanol–water partition coefficient (Wildman–Crippen LogP) is 2.92. The van der Waals surface area contributed by atoms with Crippen LogP contribution in [0.1, 0.15) is 25.0 Å². The van der Waals surface area contributed by atoms with Crippen molar-refractivity contribution in [3.8, 4) is 0 Å². The molecule has 122 valence electrons. The Labute approximate surface area is 138 Å². The van der Waals surface area contributed by atoms with Gasteiger partial charge in [0.25, 0.3) is 0 Å². The molecule has 1 aliphatic rings. The van der Waals surface area contributed by atoms with Gasteiger partial charge in [0.1, 0.15) is 0 Å². The van der Waals surface area contributed by atoms with Crippen molar-refractivity contribution in [1.29, 1.82) is 0 Å². The molecule has 2 rings (SSSR count). The van der Waals surface area contributed by atoms with Crippen LogP contribution in [0, 0.1) is 13.8 Å². The lowest BCUT2D eigenvalue weighted by Crippen LogP contribution is -2.52. The van der Waals surface area contributed by atoms with Gasteiger partial charge in [-0.1, -0.05) is 24.6 Å². The van der Waals surface area contributed by atoms with Gasteiger partial charge in [-0.3, -0.25) is 9.69 Å². The molecule has 4 nitrogen and oxygen atoms in total. The normalized spacial score (nSPS) is 18.2. The number of nitrogens with zero attached hydrogens (tertiary/aromatic N) is 2. The van der Waals surface area contributed by atoms with Crippen LogP contribution in [0.3, 0.4) is 0 Å². The second kappa shape index (κ2) is 7.44. The summed E-state index contributed by atoms with van der Waals surface area (Å²) in [6.45, 7) is 13.1. The smallest absolute Gasteiger partial charge is 0.241 e. The highest BCUT2D eigenvalue weighted by Crippen LogP contribution is 2.27. The molecule has 1 fully saturated rings. The van der Waals surface area contributed by atoms with E-state index in [1.807, 2.05) is 32.9 Å². The van der Waals surface area contributed by atoms with Crippen LogP contribution in [0.25, 0.3) is 0 Å². The van der Waals surface area contributed by atoms with E-state index in [0.29, 0.717) is 5.02 Å². The van der Waals surface area contributed by atoms with Gasteiger partial charge in [0, 0.05) is 26.2 Å². The molecule has 1 aromatic rings. The van der Waals surface area contributed by atoms with Gasteiger partial charge in [-0.15, -0.1) is 0 Å². The van der Waals surface area contributed by atoms with E-state index >= 15 is 0 Å². The van der Waals surface area contributed by atoms with E-state index in [9.17, 15) is 4.79 Å². The van der Waals surface area contributed by atoms with Gasteiger partial charge in [0.05, 0.1) is 16.8 Å². The highest BCUT2D eigenvalue weighted by molar-refractivity contribution is 6.34. The second-order valence-electron chi connectivity index (χ2n) is 6.07. The lowest BCUT2D eigenvalue weighted by Gasteiger charge is -2.37. The van der Waals surface area contributed by atoms with Crippen molar-refractivity contribution in [2.24, 2.45) is 0 Å². The van der Waals surface area contributed by atoms with Crippen molar-refractivity contribution in [2.45, 2.75) is 33.7 Å². The van der Waals surface area contributed by atoms with Crippen LogP contribution in [0.5, 0.6) is 0 Å². The molecule has 0 aromatic heterocycles. The molecule has 22 heavy (non-hydrogen) atoms. The zero-order chi connectivity index (χ0) is 16.3. The molecule has 5 heteroatoms. The van der Waals surface area contributed by atoms with Crippen molar-refractivity contribution >= 4 is 23.2 Å². The maximum Gasteiger partial charge on any atom is 0.241 e. The molecule has 0 spiro atoms. The molecule has 1 aromatic carbocycles. The summed E-state index contributed by atoms with van der Waals surface area (Å²) < 4.78 is 0. The van der Waals surface area contributed by atoms with Gasteiger partial charge in [-0.2, -0.15) is 0 Å². The Kier molecular flexibility index (Phi) is 5.84. The summed E-state index contributed by atoms with van der Waals surface area (Å²) in [5.74, 6) is 0.0128. The number of aryl methyl sites for hydroxylation is 2. The first-order valence-electron chi connectivity index (χ1n) is 7.96. The van der Waals surface area contributed by atoms with Gasteiger partial charge >= 0.3 is 0 Å². The zero-order valence-corrected chi connectivity index (χ0v) is 14.7. The van der Waals surface area contributed by atoms with E-state index in [0.717, 1.165) is 49.5 Å². The highest BCUT2D eigenvalue weighted by atomic mass is 35.5. The molecule has 1 amide bonds. The van der Waals surface area contributed by atoms with Crippen LogP contribution in [0.2, 0.25) is 5.02 Å². The van der Waals surface area contributed by atoms with Crippen molar-refractivity contribution < 1.29 is 4.79 Å². The van der Waals surface area contributed by atoms with E-state index in [-0.39, 0.29) is 11.9 Å². The number of benzene rings is 1. The third-order valence-electron chi connectivity index (χ3n) is 4.46. The molecule has 1 N–H and O–H groups in total. The number of likely N-dealkylation sites (N-methyl/N-ethyl adjacent to an activating group) is 1. The Morgan fingerprint density at radius 1 is 1.27 bits per heavy atom. The molecule has 0 aliphatic carbocycles. The fourth-order valence-corrected chi connectivity index (χ4v) is 3.30. The minimum Gasteiger partial charge on any atom is -0.323 e. The van der Waals surface area contributed by atoms with E-state index in [1.165, 1.54) is 0 Å². The topological polar surface area (TPSA) is 35.6 Å². The van der Waals surface area contributed by atoms with E-state index in [2.05, 4.69) is 22.0 Å². The first-order valence-corrected chi connectivity index (χ1v) is 8.34. The number of amides is 1. The Morgan fingerprint density at radius 3 is 2.45 bits per heavy atom. The van der Waals surface area contributed by atoms with Crippen LogP contribution in [0.4, 0.5) is 5.69 Å². The van der Waals surface area contributed by atoms with Gasteiger partial charge in [-0.25, -0.2) is 0 Å². The van der Waals surface area contributed by atoms with Crippen molar-refractivity contribution in [2.75, 3.05) is 38.0 Å². The van der Waals surface area contributed by atoms with Crippen molar-refractivity contribution in [3.05, 3.63) is 28.3 Å². The number of hydrogen-bond donors (Lipinski definition) is 1. The second-order valence-corrected chi connectivity index (χ2v) is 6.48. The number of hydrogen-bond acceptors (Lipinski definition) is 3. The number of piperazine rings is 1. The predicted molar refractivity (Wildman–Crippen MR) is 92.7 cm³/mol. The Morgan fingerprint density at radius 2 is 1.91 bits per heavy atom. The molecule has 1 atom stereocenters. The standard InChI is InChI=1S/C17H26ClN3O/c1-5-20-6-8-21(9-7-20)14(4)17(22)19-16-13(3)10-12(2)11-15(16)18/h10-11,14H,5-9H2,1-4H3,(H,19,22). The lowest BCUT2D eigenvalue weighted by atomic mass is 10.1. The fourth-order valence-electron chi connectivity index (χ4n) is 2.93. The van der Waals surface area contributed by atoms with E-state index in [4.69, 9.17) is 11.6 Å². The third kappa shape index (κ3) is 4.00. The average Bonchev–Trinajstić information content (AvgIpc) is 2.50. The van der Waals surface area contributed by atoms with Crippen molar-refractivity contribution in [3.63, 3.8) is 0 Å². The summed E-state index contributed by atoms with van der Waals surface area (Å²) in [6.07, 6.45) is 0. The highest BCUT2D eigenvalue weighted by Gasteiger charge is 2.25. The quantitative estimate of drug-likeness (QED) is 0.925. The maximum absolute atomic E-state index is 12.5. The molecular formula is C17H26ClN3O. The number of rotatable bonds is 4. The summed E-state index contributed by atoms with van der Waals surface area (Å²) in [7, 11) is 0. The number of anilines is 1. The molecule has 1 aliphatic heterocycles. The largest absolute Gasteiger partial charge is 0.323 e. The fraction of sp³-hybridized carbons (Fsp3) is 0.588. The molecular weight excluding hydrogens is 298 g/mol. The Balaban J connectivity index is 2.00. The monoisotopic (exact) mass is 323 g/mol. The first kappa shape index (κ1) is 17.3. The van der Waals surface area contributed by atoms with E-state index < -0.39 is 0 Å². The summed E-state index contributed by atoms with van der Waals surface area (Å²) in [4.78, 5) is 17.2. The molecule has 1 unspecified atom stereocenters. The number of carbonyl (C=O) groups excluding carboxylic acids is 1. The molecule has 1 heterocycles. The van der Waals surface area contributed by atoms with Crippen molar-refractivity contribution in [1.82, 2.24) is 9.80 Å². The van der Waals surface area contributed by atoms with Gasteiger partial charge < -0.3 is 10.2 Å². The molecule has 0 radical (unpaired) electrons. The van der Waals surface area contributed by atoms with Gasteiger partial charge in [0.2, 0.25) is 5.91 Å². The number of nitrogens with one attached hydrogen (secondary N) is 1. The first-order chi connectivity index (χ1) is 10.4. The minimum atomic E-state index is -0.143. The van der Waals surface area contributed by atoms with Crippen LogP contribution in [-0.2, 0) is 4.79 Å². The summed E-state index contributed by atoms with van der Waals surface area (Å²) in [5, 5.41) is 3.61. The molecule has 0 bridgehead atoms. The lowest BCUT2D eigenvalue weighted by molar-refractivity contribution is -0.121. The maximum atomic E-state index is 12.5. The summed E-state index contributed by atoms with van der Waals surface area (Å²) >= 11 is 6.27. The Hall–Kier alpha value is -1.10. The zero-order valence-electron chi connectivity index (χ0n) is 13.9. The summed E-state index contributed by atoms with van der Waals surface area (Å²) in [6, 6.07) is 3.77. The van der Waals surface area contributed by atoms with Crippen LogP contribution >= 0.6 is 11.6 Å². The summed E-state index contributed by atoms with van der Waals surface area (Å²) in [5.41, 5.74) is 2.84. The van der Waals surface area contributed by atoms with Crippen LogP contribution in [0.15, 0.2) is 12.1 Å². The molecule has 0 saturated carbocycles. The molecule has 1 saturated heterocycles. The van der Waals surface area contributed by atoms with E-state index in [1.54, 1.807) is 0 Å². The Bertz CT molecular complexity index is 516. The van der Waals surface area contributed by atoms with Crippen LogP contribution in [-0.4, -0.2) is 54.5 Å².